The van der Waals surface area contributed by atoms with Gasteiger partial charge >= 0.3 is 0 Å². The summed E-state index contributed by atoms with van der Waals surface area (Å²) in [6.45, 7) is 4.13. The standard InChI is InChI=1S/C21H22N2O4/c1-3-22-20(24)14(2)23-21(25)19-17(13-26-15-9-5-4-6-10-15)16-11-7-8-12-18(16)27-19/h4-12,14H,3,13H2,1-2H3,(H,22,24)(H,23,25)/t14-/m0/s1. The van der Waals surface area contributed by atoms with Crippen LogP contribution in [0.5, 0.6) is 5.75 Å². The molecular weight excluding hydrogens is 344 g/mol. The summed E-state index contributed by atoms with van der Waals surface area (Å²) in [6, 6.07) is 16.1. The molecule has 0 aliphatic carbocycles. The van der Waals surface area contributed by atoms with Crippen molar-refractivity contribution < 1.29 is 18.7 Å². The van der Waals surface area contributed by atoms with E-state index in [0.29, 0.717) is 23.4 Å². The molecule has 0 unspecified atom stereocenters. The third kappa shape index (κ3) is 4.28. The zero-order chi connectivity index (χ0) is 19.2. The predicted octanol–water partition coefficient (Wildman–Crippen LogP) is 3.27. The second-order valence-corrected chi connectivity index (χ2v) is 6.10. The lowest BCUT2D eigenvalue weighted by Gasteiger charge is -2.13. The summed E-state index contributed by atoms with van der Waals surface area (Å²) in [4.78, 5) is 24.6. The van der Waals surface area contributed by atoms with Crippen molar-refractivity contribution >= 4 is 22.8 Å². The highest BCUT2D eigenvalue weighted by Crippen LogP contribution is 2.27. The van der Waals surface area contributed by atoms with Crippen LogP contribution in [0, 0.1) is 0 Å². The average Bonchev–Trinajstić information content (AvgIpc) is 3.06. The molecule has 2 amide bonds. The van der Waals surface area contributed by atoms with Crippen molar-refractivity contribution in [2.45, 2.75) is 26.5 Å². The van der Waals surface area contributed by atoms with Gasteiger partial charge in [-0.15, -0.1) is 0 Å². The number of para-hydroxylation sites is 2. The Hall–Kier alpha value is -3.28. The summed E-state index contributed by atoms with van der Waals surface area (Å²) in [5.74, 6) is 0.161. The first-order chi connectivity index (χ1) is 13.1. The Morgan fingerprint density at radius 2 is 1.78 bits per heavy atom. The van der Waals surface area contributed by atoms with Gasteiger partial charge in [-0.25, -0.2) is 0 Å². The van der Waals surface area contributed by atoms with Gasteiger partial charge in [0.15, 0.2) is 5.76 Å². The van der Waals surface area contributed by atoms with Crippen LogP contribution >= 0.6 is 0 Å². The first-order valence-corrected chi connectivity index (χ1v) is 8.87. The second-order valence-electron chi connectivity index (χ2n) is 6.10. The number of rotatable bonds is 7. The topological polar surface area (TPSA) is 80.6 Å². The first-order valence-electron chi connectivity index (χ1n) is 8.87. The molecule has 0 spiro atoms. The number of benzene rings is 2. The van der Waals surface area contributed by atoms with Gasteiger partial charge in [0, 0.05) is 17.5 Å². The smallest absolute Gasteiger partial charge is 0.288 e. The first kappa shape index (κ1) is 18.5. The monoisotopic (exact) mass is 366 g/mol. The van der Waals surface area contributed by atoms with E-state index in [1.807, 2.05) is 55.5 Å². The van der Waals surface area contributed by atoms with Gasteiger partial charge in [-0.3, -0.25) is 9.59 Å². The van der Waals surface area contributed by atoms with Crippen LogP contribution in [0.15, 0.2) is 59.0 Å². The Labute approximate surface area is 157 Å². The van der Waals surface area contributed by atoms with Crippen LogP contribution in [0.3, 0.4) is 0 Å². The molecule has 3 aromatic rings. The molecule has 0 fully saturated rings. The van der Waals surface area contributed by atoms with E-state index in [1.54, 1.807) is 13.0 Å². The van der Waals surface area contributed by atoms with Crippen LogP contribution in [-0.4, -0.2) is 24.4 Å². The van der Waals surface area contributed by atoms with Crippen LogP contribution in [0.1, 0.15) is 30.0 Å². The molecule has 2 aromatic carbocycles. The Morgan fingerprint density at radius 1 is 1.07 bits per heavy atom. The van der Waals surface area contributed by atoms with Crippen molar-refractivity contribution in [2.24, 2.45) is 0 Å². The van der Waals surface area contributed by atoms with E-state index in [9.17, 15) is 9.59 Å². The largest absolute Gasteiger partial charge is 0.489 e. The molecule has 1 aromatic heterocycles. The molecule has 6 nitrogen and oxygen atoms in total. The average molecular weight is 366 g/mol. The van der Waals surface area contributed by atoms with Crippen molar-refractivity contribution in [1.82, 2.24) is 10.6 Å². The molecule has 0 saturated carbocycles. The molecule has 140 valence electrons. The van der Waals surface area contributed by atoms with E-state index < -0.39 is 11.9 Å². The molecule has 0 bridgehead atoms. The summed E-state index contributed by atoms with van der Waals surface area (Å²) in [7, 11) is 0. The highest BCUT2D eigenvalue weighted by molar-refractivity contribution is 6.00. The Morgan fingerprint density at radius 3 is 2.52 bits per heavy atom. The molecule has 1 atom stereocenters. The predicted molar refractivity (Wildman–Crippen MR) is 103 cm³/mol. The molecule has 0 aliphatic heterocycles. The van der Waals surface area contributed by atoms with Gasteiger partial charge < -0.3 is 19.8 Å². The van der Waals surface area contributed by atoms with E-state index in [-0.39, 0.29) is 18.3 Å². The lowest BCUT2D eigenvalue weighted by Crippen LogP contribution is -2.44. The molecule has 27 heavy (non-hydrogen) atoms. The number of carbonyl (C=O) groups is 2. The van der Waals surface area contributed by atoms with E-state index >= 15 is 0 Å². The third-order valence-corrected chi connectivity index (χ3v) is 4.12. The lowest BCUT2D eigenvalue weighted by atomic mass is 10.1. The molecule has 2 N–H and O–H groups in total. The second kappa shape index (κ2) is 8.40. The van der Waals surface area contributed by atoms with Crippen LogP contribution in [0.4, 0.5) is 0 Å². The number of ether oxygens (including phenoxy) is 1. The maximum Gasteiger partial charge on any atom is 0.288 e. The van der Waals surface area contributed by atoms with Gasteiger partial charge in [-0.2, -0.15) is 0 Å². The number of fused-ring (bicyclic) bond motifs is 1. The van der Waals surface area contributed by atoms with Gasteiger partial charge in [-0.1, -0.05) is 36.4 Å². The van der Waals surface area contributed by atoms with E-state index in [4.69, 9.17) is 9.15 Å². The quantitative estimate of drug-likeness (QED) is 0.672. The van der Waals surface area contributed by atoms with Crippen LogP contribution in [0.2, 0.25) is 0 Å². The zero-order valence-electron chi connectivity index (χ0n) is 15.3. The summed E-state index contributed by atoms with van der Waals surface area (Å²) in [5.41, 5.74) is 1.25. The molecule has 0 saturated heterocycles. The number of carbonyl (C=O) groups excluding carboxylic acids is 2. The highest BCUT2D eigenvalue weighted by Gasteiger charge is 2.24. The molecule has 6 heteroatoms. The van der Waals surface area contributed by atoms with E-state index in [0.717, 1.165) is 5.39 Å². The fraction of sp³-hybridized carbons (Fsp3) is 0.238. The number of furan rings is 1. The normalized spacial score (nSPS) is 11.8. The fourth-order valence-corrected chi connectivity index (χ4v) is 2.75. The Bertz CT molecular complexity index is 934. The Balaban J connectivity index is 1.85. The summed E-state index contributed by atoms with van der Waals surface area (Å²) in [6.07, 6.45) is 0. The van der Waals surface area contributed by atoms with Crippen LogP contribution in [-0.2, 0) is 11.4 Å². The molecule has 3 rings (SSSR count). The number of hydrogen-bond donors (Lipinski definition) is 2. The molecule has 0 aliphatic rings. The molecule has 1 heterocycles. The van der Waals surface area contributed by atoms with Crippen molar-refractivity contribution in [2.75, 3.05) is 6.54 Å². The third-order valence-electron chi connectivity index (χ3n) is 4.12. The highest BCUT2D eigenvalue weighted by atomic mass is 16.5. The number of amides is 2. The van der Waals surface area contributed by atoms with Crippen molar-refractivity contribution in [1.29, 1.82) is 0 Å². The van der Waals surface area contributed by atoms with Gasteiger partial charge in [0.2, 0.25) is 5.91 Å². The summed E-state index contributed by atoms with van der Waals surface area (Å²) in [5, 5.41) is 6.17. The summed E-state index contributed by atoms with van der Waals surface area (Å²) < 4.78 is 11.6. The van der Waals surface area contributed by atoms with Gasteiger partial charge in [0.05, 0.1) is 0 Å². The lowest BCUT2D eigenvalue weighted by molar-refractivity contribution is -0.122. The molecular formula is C21H22N2O4. The van der Waals surface area contributed by atoms with Crippen LogP contribution in [0.25, 0.3) is 11.0 Å². The maximum absolute atomic E-state index is 12.7. The van der Waals surface area contributed by atoms with Gasteiger partial charge in [-0.05, 0) is 32.0 Å². The van der Waals surface area contributed by atoms with Crippen molar-refractivity contribution in [3.8, 4) is 5.75 Å². The molecule has 0 radical (unpaired) electrons. The van der Waals surface area contributed by atoms with Gasteiger partial charge in [0.25, 0.3) is 5.91 Å². The van der Waals surface area contributed by atoms with Crippen molar-refractivity contribution in [3.05, 3.63) is 65.9 Å². The van der Waals surface area contributed by atoms with E-state index in [2.05, 4.69) is 10.6 Å². The fourth-order valence-electron chi connectivity index (χ4n) is 2.75. The number of likely N-dealkylation sites (N-methyl/N-ethyl adjacent to an activating group) is 1. The summed E-state index contributed by atoms with van der Waals surface area (Å²) >= 11 is 0. The van der Waals surface area contributed by atoms with Gasteiger partial charge in [0.1, 0.15) is 24.0 Å². The zero-order valence-corrected chi connectivity index (χ0v) is 15.3. The SMILES string of the molecule is CCNC(=O)[C@H](C)NC(=O)c1oc2ccccc2c1COc1ccccc1. The minimum Gasteiger partial charge on any atom is -0.489 e. The Kier molecular flexibility index (Phi) is 5.76. The van der Waals surface area contributed by atoms with Crippen molar-refractivity contribution in [3.63, 3.8) is 0 Å². The van der Waals surface area contributed by atoms with E-state index in [1.165, 1.54) is 0 Å². The number of nitrogens with one attached hydrogen (secondary N) is 2. The minimum absolute atomic E-state index is 0.156. The minimum atomic E-state index is -0.673. The number of hydrogen-bond acceptors (Lipinski definition) is 4. The van der Waals surface area contributed by atoms with Crippen LogP contribution < -0.4 is 15.4 Å². The maximum atomic E-state index is 12.7.